The first-order chi connectivity index (χ1) is 9.38. The molecule has 4 rings (SSSR count). The van der Waals surface area contributed by atoms with E-state index in [1.807, 2.05) is 23.1 Å². The molecule has 1 aliphatic heterocycles. The second-order valence-corrected chi connectivity index (χ2v) is 5.49. The fourth-order valence-corrected chi connectivity index (χ4v) is 2.70. The highest BCUT2D eigenvalue weighted by atomic mass is 16.5. The average molecular weight is 259 g/mol. The standard InChI is InChI=1S/C13H17N5O/c1-5-14-18(6-1)11-4-7-17(8-11)9-12-15-13(19-16-12)10-2-3-10/h1,5-6,10-11H,2-4,7-9H2. The zero-order valence-corrected chi connectivity index (χ0v) is 10.8. The molecule has 100 valence electrons. The number of hydrogen-bond acceptors (Lipinski definition) is 5. The lowest BCUT2D eigenvalue weighted by Crippen LogP contribution is -2.22. The van der Waals surface area contributed by atoms with Crippen molar-refractivity contribution in [3.63, 3.8) is 0 Å². The third-order valence-electron chi connectivity index (χ3n) is 3.92. The van der Waals surface area contributed by atoms with Gasteiger partial charge >= 0.3 is 0 Å². The van der Waals surface area contributed by atoms with E-state index in [4.69, 9.17) is 4.52 Å². The minimum absolute atomic E-state index is 0.477. The van der Waals surface area contributed by atoms with Crippen LogP contribution in [0, 0.1) is 0 Å². The topological polar surface area (TPSA) is 60.0 Å². The largest absolute Gasteiger partial charge is 0.339 e. The van der Waals surface area contributed by atoms with Crippen LogP contribution >= 0.6 is 0 Å². The van der Waals surface area contributed by atoms with Crippen LogP contribution in [0.15, 0.2) is 23.0 Å². The van der Waals surface area contributed by atoms with Crippen LogP contribution in [0.1, 0.15) is 42.9 Å². The van der Waals surface area contributed by atoms with E-state index in [0.29, 0.717) is 12.0 Å². The maximum atomic E-state index is 5.29. The summed E-state index contributed by atoms with van der Waals surface area (Å²) in [6, 6.07) is 2.45. The van der Waals surface area contributed by atoms with Crippen molar-refractivity contribution in [2.45, 2.75) is 37.8 Å². The van der Waals surface area contributed by atoms with E-state index in [0.717, 1.165) is 37.8 Å². The Labute approximate surface area is 111 Å². The summed E-state index contributed by atoms with van der Waals surface area (Å²) in [6.07, 6.45) is 7.41. The highest BCUT2D eigenvalue weighted by Gasteiger charge is 2.30. The van der Waals surface area contributed by atoms with E-state index in [2.05, 4.69) is 20.1 Å². The Hall–Kier alpha value is -1.69. The molecule has 1 unspecified atom stereocenters. The van der Waals surface area contributed by atoms with Crippen LogP contribution in [0.25, 0.3) is 0 Å². The molecule has 19 heavy (non-hydrogen) atoms. The molecule has 0 spiro atoms. The summed E-state index contributed by atoms with van der Waals surface area (Å²) in [7, 11) is 0. The van der Waals surface area contributed by atoms with E-state index >= 15 is 0 Å². The van der Waals surface area contributed by atoms with Crippen LogP contribution in [-0.4, -0.2) is 37.9 Å². The SMILES string of the molecule is c1cnn(C2CCN(Cc3noc(C4CC4)n3)C2)c1. The molecular formula is C13H17N5O. The van der Waals surface area contributed by atoms with Crippen LogP contribution in [-0.2, 0) is 6.54 Å². The first kappa shape index (κ1) is 11.2. The summed E-state index contributed by atoms with van der Waals surface area (Å²) >= 11 is 0. The lowest BCUT2D eigenvalue weighted by atomic mass is 10.3. The third kappa shape index (κ3) is 2.28. The molecule has 0 N–H and O–H groups in total. The predicted molar refractivity (Wildman–Crippen MR) is 67.4 cm³/mol. The Morgan fingerprint density at radius 2 is 2.26 bits per heavy atom. The molecule has 2 aromatic heterocycles. The van der Waals surface area contributed by atoms with Gasteiger partial charge in [-0.3, -0.25) is 9.58 Å². The van der Waals surface area contributed by atoms with E-state index in [1.165, 1.54) is 12.8 Å². The zero-order valence-electron chi connectivity index (χ0n) is 10.8. The van der Waals surface area contributed by atoms with Gasteiger partial charge < -0.3 is 4.52 Å². The molecule has 0 amide bonds. The molecule has 1 atom stereocenters. The minimum atomic E-state index is 0.477. The molecule has 1 aliphatic carbocycles. The second kappa shape index (κ2) is 4.45. The van der Waals surface area contributed by atoms with Gasteiger partial charge in [0.1, 0.15) is 0 Å². The van der Waals surface area contributed by atoms with Crippen LogP contribution in [0.2, 0.25) is 0 Å². The fourth-order valence-electron chi connectivity index (χ4n) is 2.70. The molecule has 0 aromatic carbocycles. The van der Waals surface area contributed by atoms with Crippen molar-refractivity contribution in [3.8, 4) is 0 Å². The average Bonchev–Trinajstić information content (AvgIpc) is 2.90. The lowest BCUT2D eigenvalue weighted by molar-refractivity contribution is 0.295. The highest BCUT2D eigenvalue weighted by molar-refractivity contribution is 5.02. The molecule has 1 saturated carbocycles. The van der Waals surface area contributed by atoms with E-state index in [9.17, 15) is 0 Å². The molecule has 0 radical (unpaired) electrons. The van der Waals surface area contributed by atoms with Gasteiger partial charge in [-0.25, -0.2) is 0 Å². The maximum Gasteiger partial charge on any atom is 0.229 e. The highest BCUT2D eigenvalue weighted by Crippen LogP contribution is 2.38. The Morgan fingerprint density at radius 1 is 1.32 bits per heavy atom. The maximum absolute atomic E-state index is 5.29. The number of nitrogens with zero attached hydrogens (tertiary/aromatic N) is 5. The van der Waals surface area contributed by atoms with Gasteiger partial charge in [0.15, 0.2) is 5.82 Å². The molecule has 0 bridgehead atoms. The Kier molecular flexibility index (Phi) is 2.61. The van der Waals surface area contributed by atoms with E-state index in [1.54, 1.807) is 0 Å². The van der Waals surface area contributed by atoms with Crippen LogP contribution < -0.4 is 0 Å². The summed E-state index contributed by atoms with van der Waals surface area (Å²) in [6.45, 7) is 2.86. The van der Waals surface area contributed by atoms with Gasteiger partial charge in [-0.05, 0) is 25.3 Å². The van der Waals surface area contributed by atoms with Crippen molar-refractivity contribution in [2.75, 3.05) is 13.1 Å². The van der Waals surface area contributed by atoms with Crippen molar-refractivity contribution < 1.29 is 4.52 Å². The smallest absolute Gasteiger partial charge is 0.229 e. The Bertz CT molecular complexity index is 545. The van der Waals surface area contributed by atoms with Crippen LogP contribution in [0.4, 0.5) is 0 Å². The van der Waals surface area contributed by atoms with Gasteiger partial charge in [0.25, 0.3) is 0 Å². The molecule has 3 heterocycles. The molecular weight excluding hydrogens is 242 g/mol. The zero-order chi connectivity index (χ0) is 12.7. The molecule has 2 fully saturated rings. The predicted octanol–water partition coefficient (Wildman–Crippen LogP) is 1.59. The summed E-state index contributed by atoms with van der Waals surface area (Å²) < 4.78 is 7.34. The van der Waals surface area contributed by atoms with Crippen LogP contribution in [0.5, 0.6) is 0 Å². The third-order valence-corrected chi connectivity index (χ3v) is 3.92. The monoisotopic (exact) mass is 259 g/mol. The number of rotatable bonds is 4. The summed E-state index contributed by atoms with van der Waals surface area (Å²) in [5, 5.41) is 8.39. The summed E-state index contributed by atoms with van der Waals surface area (Å²) in [5.41, 5.74) is 0. The molecule has 1 saturated heterocycles. The molecule has 2 aliphatic rings. The lowest BCUT2D eigenvalue weighted by Gasteiger charge is -2.13. The Morgan fingerprint density at radius 3 is 3.05 bits per heavy atom. The fraction of sp³-hybridized carbons (Fsp3) is 0.615. The van der Waals surface area contributed by atoms with Gasteiger partial charge in [-0.15, -0.1) is 0 Å². The number of aromatic nitrogens is 4. The van der Waals surface area contributed by atoms with Crippen molar-refractivity contribution in [1.82, 2.24) is 24.8 Å². The van der Waals surface area contributed by atoms with Crippen molar-refractivity contribution in [2.24, 2.45) is 0 Å². The number of likely N-dealkylation sites (tertiary alicyclic amines) is 1. The Balaban J connectivity index is 1.38. The first-order valence-electron chi connectivity index (χ1n) is 6.92. The first-order valence-corrected chi connectivity index (χ1v) is 6.92. The number of hydrogen-bond donors (Lipinski definition) is 0. The van der Waals surface area contributed by atoms with Gasteiger partial charge in [0, 0.05) is 31.4 Å². The van der Waals surface area contributed by atoms with E-state index < -0.39 is 0 Å². The van der Waals surface area contributed by atoms with Gasteiger partial charge in [0.2, 0.25) is 5.89 Å². The van der Waals surface area contributed by atoms with Crippen LogP contribution in [0.3, 0.4) is 0 Å². The molecule has 2 aromatic rings. The molecule has 6 nitrogen and oxygen atoms in total. The van der Waals surface area contributed by atoms with E-state index in [-0.39, 0.29) is 0 Å². The van der Waals surface area contributed by atoms with Crippen molar-refractivity contribution >= 4 is 0 Å². The summed E-state index contributed by atoms with van der Waals surface area (Å²) in [5.74, 6) is 2.19. The van der Waals surface area contributed by atoms with Gasteiger partial charge in [0.05, 0.1) is 12.6 Å². The molecule has 6 heteroatoms. The van der Waals surface area contributed by atoms with Gasteiger partial charge in [-0.1, -0.05) is 5.16 Å². The van der Waals surface area contributed by atoms with Gasteiger partial charge in [-0.2, -0.15) is 10.1 Å². The minimum Gasteiger partial charge on any atom is -0.339 e. The van der Waals surface area contributed by atoms with Crippen molar-refractivity contribution in [1.29, 1.82) is 0 Å². The quantitative estimate of drug-likeness (QED) is 0.834. The summed E-state index contributed by atoms with van der Waals surface area (Å²) in [4.78, 5) is 6.85. The normalized spacial score (nSPS) is 24.1. The van der Waals surface area contributed by atoms with Crippen molar-refractivity contribution in [3.05, 3.63) is 30.2 Å². The second-order valence-electron chi connectivity index (χ2n) is 5.49.